The largest absolute Gasteiger partial charge is 0.497 e. The van der Waals surface area contributed by atoms with Gasteiger partial charge in [0.05, 0.1) is 18.4 Å². The smallest absolute Gasteiger partial charge is 0.257 e. The second kappa shape index (κ2) is 8.19. The van der Waals surface area contributed by atoms with Crippen LogP contribution in [-0.2, 0) is 0 Å². The molecular formula is C22H20N2O3. The molecule has 27 heavy (non-hydrogen) atoms. The van der Waals surface area contributed by atoms with Gasteiger partial charge in [0.2, 0.25) is 0 Å². The summed E-state index contributed by atoms with van der Waals surface area (Å²) in [6.45, 7) is 1.96. The van der Waals surface area contributed by atoms with E-state index in [0.717, 1.165) is 5.56 Å². The molecule has 2 amide bonds. The monoisotopic (exact) mass is 360 g/mol. The zero-order valence-corrected chi connectivity index (χ0v) is 15.2. The van der Waals surface area contributed by atoms with Crippen LogP contribution in [-0.4, -0.2) is 18.9 Å². The minimum Gasteiger partial charge on any atom is -0.497 e. The summed E-state index contributed by atoms with van der Waals surface area (Å²) in [7, 11) is 1.58. The average Bonchev–Trinajstić information content (AvgIpc) is 2.69. The Morgan fingerprint density at radius 1 is 0.778 bits per heavy atom. The Bertz CT molecular complexity index is 948. The van der Waals surface area contributed by atoms with Crippen LogP contribution in [0.25, 0.3) is 0 Å². The summed E-state index contributed by atoms with van der Waals surface area (Å²) >= 11 is 0. The Morgan fingerprint density at radius 3 is 2.11 bits per heavy atom. The Balaban J connectivity index is 1.77. The number of para-hydroxylation sites is 1. The molecule has 0 saturated heterocycles. The van der Waals surface area contributed by atoms with Crippen molar-refractivity contribution in [3.05, 3.63) is 89.5 Å². The first-order valence-electron chi connectivity index (χ1n) is 8.49. The van der Waals surface area contributed by atoms with Gasteiger partial charge in [-0.05, 0) is 55.5 Å². The van der Waals surface area contributed by atoms with Crippen molar-refractivity contribution in [3.63, 3.8) is 0 Å². The summed E-state index contributed by atoms with van der Waals surface area (Å²) in [6.07, 6.45) is 0. The summed E-state index contributed by atoms with van der Waals surface area (Å²) in [5, 5.41) is 5.64. The number of carbonyl (C=O) groups excluding carboxylic acids is 2. The highest BCUT2D eigenvalue weighted by atomic mass is 16.5. The van der Waals surface area contributed by atoms with Crippen molar-refractivity contribution in [3.8, 4) is 5.75 Å². The molecule has 0 atom stereocenters. The maximum atomic E-state index is 12.7. The van der Waals surface area contributed by atoms with E-state index in [2.05, 4.69) is 10.6 Å². The molecule has 0 bridgehead atoms. The predicted octanol–water partition coefficient (Wildman–Crippen LogP) is 4.51. The topological polar surface area (TPSA) is 67.4 Å². The number of methoxy groups -OCH3 is 1. The standard InChI is InChI=1S/C22H20N2O3/c1-15-7-9-16(10-8-15)21(25)24-20-6-4-3-5-19(20)22(26)23-17-11-13-18(27-2)14-12-17/h3-14H,1-2H3,(H,23,26)(H,24,25). The average molecular weight is 360 g/mol. The van der Waals surface area contributed by atoms with Crippen LogP contribution < -0.4 is 15.4 Å². The summed E-state index contributed by atoms with van der Waals surface area (Å²) in [5.74, 6) is 0.137. The lowest BCUT2D eigenvalue weighted by Gasteiger charge is -2.12. The maximum absolute atomic E-state index is 12.7. The van der Waals surface area contributed by atoms with E-state index < -0.39 is 0 Å². The van der Waals surface area contributed by atoms with Crippen LogP contribution in [0.15, 0.2) is 72.8 Å². The van der Waals surface area contributed by atoms with E-state index in [1.54, 1.807) is 67.8 Å². The van der Waals surface area contributed by atoms with E-state index in [0.29, 0.717) is 28.3 Å². The highest BCUT2D eigenvalue weighted by Crippen LogP contribution is 2.20. The second-order valence-corrected chi connectivity index (χ2v) is 6.05. The van der Waals surface area contributed by atoms with E-state index in [-0.39, 0.29) is 11.8 Å². The van der Waals surface area contributed by atoms with Gasteiger partial charge in [0.15, 0.2) is 0 Å². The predicted molar refractivity (Wildman–Crippen MR) is 107 cm³/mol. The molecule has 0 aliphatic carbocycles. The first-order chi connectivity index (χ1) is 13.1. The Morgan fingerprint density at radius 2 is 1.44 bits per heavy atom. The summed E-state index contributed by atoms with van der Waals surface area (Å²) < 4.78 is 5.11. The molecule has 3 aromatic rings. The molecule has 0 aliphatic rings. The number of rotatable bonds is 5. The van der Waals surface area contributed by atoms with Crippen molar-refractivity contribution in [2.75, 3.05) is 17.7 Å². The summed E-state index contributed by atoms with van der Waals surface area (Å²) in [4.78, 5) is 25.1. The zero-order chi connectivity index (χ0) is 19.2. The van der Waals surface area contributed by atoms with Gasteiger partial charge < -0.3 is 15.4 Å². The Hall–Kier alpha value is -3.60. The first kappa shape index (κ1) is 18.2. The van der Waals surface area contributed by atoms with Gasteiger partial charge in [0.1, 0.15) is 5.75 Å². The van der Waals surface area contributed by atoms with Crippen molar-refractivity contribution in [1.82, 2.24) is 0 Å². The van der Waals surface area contributed by atoms with Gasteiger partial charge >= 0.3 is 0 Å². The number of carbonyl (C=O) groups is 2. The molecular weight excluding hydrogens is 340 g/mol. The quantitative estimate of drug-likeness (QED) is 0.703. The lowest BCUT2D eigenvalue weighted by molar-refractivity contribution is 0.102. The SMILES string of the molecule is COc1ccc(NC(=O)c2ccccc2NC(=O)c2ccc(C)cc2)cc1. The molecule has 0 saturated carbocycles. The molecule has 0 unspecified atom stereocenters. The van der Waals surface area contributed by atoms with E-state index >= 15 is 0 Å². The van der Waals surface area contributed by atoms with Crippen LogP contribution in [0.4, 0.5) is 11.4 Å². The molecule has 0 radical (unpaired) electrons. The summed E-state index contributed by atoms with van der Waals surface area (Å²) in [6, 6.07) is 21.2. The first-order valence-corrected chi connectivity index (χ1v) is 8.49. The third kappa shape index (κ3) is 4.52. The molecule has 0 spiro atoms. The minimum absolute atomic E-state index is 0.264. The highest BCUT2D eigenvalue weighted by Gasteiger charge is 2.14. The number of hydrogen-bond acceptors (Lipinski definition) is 3. The van der Waals surface area contributed by atoms with Crippen LogP contribution in [0.5, 0.6) is 5.75 Å². The van der Waals surface area contributed by atoms with Gasteiger partial charge in [0.25, 0.3) is 11.8 Å². The van der Waals surface area contributed by atoms with Crippen molar-refractivity contribution in [1.29, 1.82) is 0 Å². The fraction of sp³-hybridized carbons (Fsp3) is 0.0909. The third-order valence-corrected chi connectivity index (χ3v) is 4.08. The molecule has 0 aliphatic heterocycles. The fourth-order valence-electron chi connectivity index (χ4n) is 2.56. The van der Waals surface area contributed by atoms with Crippen molar-refractivity contribution < 1.29 is 14.3 Å². The number of amides is 2. The number of anilines is 2. The molecule has 136 valence electrons. The van der Waals surface area contributed by atoms with Crippen molar-refractivity contribution in [2.45, 2.75) is 6.92 Å². The number of ether oxygens (including phenoxy) is 1. The number of aryl methyl sites for hydroxylation is 1. The van der Waals surface area contributed by atoms with Gasteiger partial charge in [0, 0.05) is 11.3 Å². The normalized spacial score (nSPS) is 10.1. The van der Waals surface area contributed by atoms with Crippen molar-refractivity contribution >= 4 is 23.2 Å². The van der Waals surface area contributed by atoms with E-state index in [9.17, 15) is 9.59 Å². The van der Waals surface area contributed by atoms with Crippen molar-refractivity contribution in [2.24, 2.45) is 0 Å². The Labute approximate surface area is 158 Å². The third-order valence-electron chi connectivity index (χ3n) is 4.08. The molecule has 3 rings (SSSR count). The van der Waals surface area contributed by atoms with Gasteiger partial charge in [-0.1, -0.05) is 29.8 Å². The number of hydrogen-bond donors (Lipinski definition) is 2. The van der Waals surface area contributed by atoms with E-state index in [1.165, 1.54) is 0 Å². The van der Waals surface area contributed by atoms with E-state index in [1.807, 2.05) is 19.1 Å². The molecule has 5 heteroatoms. The van der Waals surface area contributed by atoms with Gasteiger partial charge in [-0.3, -0.25) is 9.59 Å². The minimum atomic E-state index is -0.306. The van der Waals surface area contributed by atoms with Gasteiger partial charge in [-0.15, -0.1) is 0 Å². The van der Waals surface area contributed by atoms with Crippen LogP contribution in [0, 0.1) is 6.92 Å². The lowest BCUT2D eigenvalue weighted by Crippen LogP contribution is -2.18. The molecule has 3 aromatic carbocycles. The van der Waals surface area contributed by atoms with Crippen LogP contribution in [0.2, 0.25) is 0 Å². The molecule has 2 N–H and O–H groups in total. The number of nitrogens with one attached hydrogen (secondary N) is 2. The highest BCUT2D eigenvalue weighted by molar-refractivity contribution is 6.12. The molecule has 0 heterocycles. The van der Waals surface area contributed by atoms with Gasteiger partial charge in [-0.2, -0.15) is 0 Å². The Kier molecular flexibility index (Phi) is 5.52. The molecule has 0 aromatic heterocycles. The fourth-order valence-corrected chi connectivity index (χ4v) is 2.56. The van der Waals surface area contributed by atoms with Crippen LogP contribution in [0.3, 0.4) is 0 Å². The van der Waals surface area contributed by atoms with E-state index in [4.69, 9.17) is 4.74 Å². The van der Waals surface area contributed by atoms with Crippen LogP contribution in [0.1, 0.15) is 26.3 Å². The van der Waals surface area contributed by atoms with Crippen LogP contribution >= 0.6 is 0 Å². The zero-order valence-electron chi connectivity index (χ0n) is 15.2. The summed E-state index contributed by atoms with van der Waals surface area (Å²) in [5.41, 5.74) is 3.08. The maximum Gasteiger partial charge on any atom is 0.257 e. The van der Waals surface area contributed by atoms with Gasteiger partial charge in [-0.25, -0.2) is 0 Å². The number of benzene rings is 3. The lowest BCUT2D eigenvalue weighted by atomic mass is 10.1. The second-order valence-electron chi connectivity index (χ2n) is 6.05. The molecule has 0 fully saturated rings. The molecule has 5 nitrogen and oxygen atoms in total.